The molecule has 0 saturated carbocycles. The maximum absolute atomic E-state index is 12.7. The van der Waals surface area contributed by atoms with Crippen LogP contribution in [0.3, 0.4) is 0 Å². The summed E-state index contributed by atoms with van der Waals surface area (Å²) in [6, 6.07) is 5.73. The van der Waals surface area contributed by atoms with Gasteiger partial charge in [-0.1, -0.05) is 12.1 Å². The second kappa shape index (κ2) is 9.97. The summed E-state index contributed by atoms with van der Waals surface area (Å²) in [5.41, 5.74) is 1.51. The zero-order chi connectivity index (χ0) is 18.4. The van der Waals surface area contributed by atoms with Gasteiger partial charge in [0.15, 0.2) is 11.5 Å². The Kier molecular flexibility index (Phi) is 7.95. The smallest absolute Gasteiger partial charge is 0.250 e. The number of carbonyl (C=O) groups excluding carboxylic acids is 1. The van der Waals surface area contributed by atoms with Crippen LogP contribution in [-0.2, 0) is 9.53 Å². The lowest BCUT2D eigenvalue weighted by Gasteiger charge is -2.37. The molecule has 0 aliphatic carbocycles. The third-order valence-corrected chi connectivity index (χ3v) is 5.04. The summed E-state index contributed by atoms with van der Waals surface area (Å²) in [5, 5.41) is 6.46. The molecule has 1 fully saturated rings. The van der Waals surface area contributed by atoms with Gasteiger partial charge < -0.3 is 24.8 Å². The van der Waals surface area contributed by atoms with Crippen LogP contribution in [0.1, 0.15) is 25.3 Å². The van der Waals surface area contributed by atoms with Gasteiger partial charge in [-0.3, -0.25) is 4.79 Å². The third kappa shape index (κ3) is 5.15. The third-order valence-electron chi connectivity index (χ3n) is 5.04. The molecule has 1 saturated heterocycles. The van der Waals surface area contributed by atoms with E-state index in [1.54, 1.807) is 7.11 Å². The number of para-hydroxylation sites is 1. The first-order chi connectivity index (χ1) is 12.7. The fourth-order valence-corrected chi connectivity index (χ4v) is 3.60. The molecule has 2 aliphatic heterocycles. The van der Waals surface area contributed by atoms with Gasteiger partial charge in [0, 0.05) is 24.6 Å². The molecule has 7 heteroatoms. The highest BCUT2D eigenvalue weighted by Crippen LogP contribution is 2.36. The van der Waals surface area contributed by atoms with Crippen molar-refractivity contribution in [2.45, 2.75) is 19.8 Å². The molecule has 2 N–H and O–H groups in total. The van der Waals surface area contributed by atoms with Crippen LogP contribution in [0.25, 0.3) is 6.08 Å². The number of ether oxygens (including phenoxy) is 3. The Morgan fingerprint density at radius 3 is 2.81 bits per heavy atom. The van der Waals surface area contributed by atoms with Crippen molar-refractivity contribution in [1.82, 2.24) is 10.6 Å². The summed E-state index contributed by atoms with van der Waals surface area (Å²) in [6.45, 7) is 5.95. The predicted octanol–water partition coefficient (Wildman–Crippen LogP) is 2.42. The maximum Gasteiger partial charge on any atom is 0.250 e. The molecule has 27 heavy (non-hydrogen) atoms. The Balaban J connectivity index is 0.00000261. The van der Waals surface area contributed by atoms with Crippen LogP contribution in [0.2, 0.25) is 0 Å². The van der Waals surface area contributed by atoms with E-state index in [4.69, 9.17) is 14.2 Å². The van der Waals surface area contributed by atoms with Crippen LogP contribution in [0.4, 0.5) is 0 Å². The molecular formula is C20H29ClN2O4. The number of halogens is 1. The summed E-state index contributed by atoms with van der Waals surface area (Å²) in [4.78, 5) is 12.7. The first-order valence-electron chi connectivity index (χ1n) is 9.24. The summed E-state index contributed by atoms with van der Waals surface area (Å²) in [7, 11) is 1.72. The van der Waals surface area contributed by atoms with E-state index < -0.39 is 0 Å². The number of hydrogen-bond acceptors (Lipinski definition) is 5. The lowest BCUT2D eigenvalue weighted by molar-refractivity contribution is -0.118. The van der Waals surface area contributed by atoms with Gasteiger partial charge in [-0.15, -0.1) is 12.4 Å². The van der Waals surface area contributed by atoms with Gasteiger partial charge in [0.05, 0.1) is 18.8 Å². The molecule has 0 unspecified atom stereocenters. The van der Waals surface area contributed by atoms with Crippen molar-refractivity contribution >= 4 is 24.4 Å². The van der Waals surface area contributed by atoms with Gasteiger partial charge in [0.2, 0.25) is 0 Å². The molecule has 1 aromatic rings. The van der Waals surface area contributed by atoms with E-state index in [1.807, 2.05) is 31.2 Å². The molecule has 2 heterocycles. The number of nitrogens with one attached hydrogen (secondary N) is 2. The minimum atomic E-state index is -0.0773. The number of rotatable bonds is 7. The SMILES string of the molecule is CCOc1cccc2c1OCC(C(=O)NCC1(COC)CCNCC1)=C2.Cl. The Morgan fingerprint density at radius 1 is 1.33 bits per heavy atom. The van der Waals surface area contributed by atoms with Crippen LogP contribution in [0.5, 0.6) is 11.5 Å². The molecule has 150 valence electrons. The van der Waals surface area contributed by atoms with Crippen molar-refractivity contribution in [3.05, 3.63) is 29.3 Å². The van der Waals surface area contributed by atoms with E-state index in [2.05, 4.69) is 10.6 Å². The molecule has 0 spiro atoms. The highest BCUT2D eigenvalue weighted by Gasteiger charge is 2.33. The van der Waals surface area contributed by atoms with Crippen LogP contribution >= 0.6 is 12.4 Å². The van der Waals surface area contributed by atoms with Crippen molar-refractivity contribution in [1.29, 1.82) is 0 Å². The van der Waals surface area contributed by atoms with E-state index in [-0.39, 0.29) is 30.3 Å². The second-order valence-electron chi connectivity index (χ2n) is 6.93. The van der Waals surface area contributed by atoms with Gasteiger partial charge in [-0.05, 0) is 45.0 Å². The molecule has 0 aromatic heterocycles. The van der Waals surface area contributed by atoms with Gasteiger partial charge in [-0.25, -0.2) is 0 Å². The van der Waals surface area contributed by atoms with Gasteiger partial charge >= 0.3 is 0 Å². The topological polar surface area (TPSA) is 68.8 Å². The lowest BCUT2D eigenvalue weighted by Crippen LogP contribution is -2.47. The first-order valence-corrected chi connectivity index (χ1v) is 9.24. The normalized spacial score (nSPS) is 17.6. The van der Waals surface area contributed by atoms with Crippen molar-refractivity contribution in [3.8, 4) is 11.5 Å². The zero-order valence-corrected chi connectivity index (χ0v) is 16.8. The van der Waals surface area contributed by atoms with E-state index in [0.717, 1.165) is 37.2 Å². The van der Waals surface area contributed by atoms with Gasteiger partial charge in [0.1, 0.15) is 6.61 Å². The largest absolute Gasteiger partial charge is 0.490 e. The average molecular weight is 397 g/mol. The highest BCUT2D eigenvalue weighted by molar-refractivity contribution is 5.99. The quantitative estimate of drug-likeness (QED) is 0.740. The van der Waals surface area contributed by atoms with Crippen LogP contribution in [0.15, 0.2) is 23.8 Å². The molecule has 6 nitrogen and oxygen atoms in total. The predicted molar refractivity (Wildman–Crippen MR) is 108 cm³/mol. The highest BCUT2D eigenvalue weighted by atomic mass is 35.5. The Hall–Kier alpha value is -1.76. The van der Waals surface area contributed by atoms with Gasteiger partial charge in [-0.2, -0.15) is 0 Å². The number of carbonyl (C=O) groups is 1. The Labute approximate surface area is 167 Å². The number of fused-ring (bicyclic) bond motifs is 1. The summed E-state index contributed by atoms with van der Waals surface area (Å²) in [6.07, 6.45) is 3.89. The second-order valence-corrected chi connectivity index (χ2v) is 6.93. The van der Waals surface area contributed by atoms with Crippen molar-refractivity contribution in [2.75, 3.05) is 46.6 Å². The summed E-state index contributed by atoms with van der Waals surface area (Å²) in [5.74, 6) is 1.35. The van der Waals surface area contributed by atoms with E-state index in [9.17, 15) is 4.79 Å². The molecule has 1 aromatic carbocycles. The monoisotopic (exact) mass is 396 g/mol. The minimum absolute atomic E-state index is 0. The van der Waals surface area contributed by atoms with E-state index >= 15 is 0 Å². The Bertz CT molecular complexity index is 666. The van der Waals surface area contributed by atoms with Gasteiger partial charge in [0.25, 0.3) is 5.91 Å². The van der Waals surface area contributed by atoms with Crippen molar-refractivity contribution in [2.24, 2.45) is 5.41 Å². The fraction of sp³-hybridized carbons (Fsp3) is 0.550. The molecule has 2 aliphatic rings. The fourth-order valence-electron chi connectivity index (χ4n) is 3.60. The lowest BCUT2D eigenvalue weighted by atomic mass is 9.79. The average Bonchev–Trinajstić information content (AvgIpc) is 2.67. The number of benzene rings is 1. The molecule has 3 rings (SSSR count). The zero-order valence-electron chi connectivity index (χ0n) is 16.0. The standard InChI is InChI=1S/C20H28N2O4.ClH/c1-3-25-17-6-4-5-15-11-16(12-26-18(15)17)19(23)22-13-20(14-24-2)7-9-21-10-8-20;/h4-6,11,21H,3,7-10,12-14H2,1-2H3,(H,22,23);1H. The minimum Gasteiger partial charge on any atom is -0.490 e. The molecule has 0 bridgehead atoms. The van der Waals surface area contributed by atoms with Crippen molar-refractivity contribution < 1.29 is 19.0 Å². The molecular weight excluding hydrogens is 368 g/mol. The van der Waals surface area contributed by atoms with Crippen LogP contribution in [-0.4, -0.2) is 52.5 Å². The molecule has 0 radical (unpaired) electrons. The molecule has 0 atom stereocenters. The Morgan fingerprint density at radius 2 is 2.11 bits per heavy atom. The summed E-state index contributed by atoms with van der Waals surface area (Å²) >= 11 is 0. The number of amides is 1. The summed E-state index contributed by atoms with van der Waals surface area (Å²) < 4.78 is 16.8. The van der Waals surface area contributed by atoms with E-state index in [0.29, 0.717) is 31.1 Å². The first kappa shape index (κ1) is 21.5. The van der Waals surface area contributed by atoms with E-state index in [1.165, 1.54) is 0 Å². The number of methoxy groups -OCH3 is 1. The number of piperidine rings is 1. The van der Waals surface area contributed by atoms with Crippen LogP contribution < -0.4 is 20.1 Å². The van der Waals surface area contributed by atoms with Crippen molar-refractivity contribution in [3.63, 3.8) is 0 Å². The van der Waals surface area contributed by atoms with Crippen LogP contribution in [0, 0.1) is 5.41 Å². The number of hydrogen-bond donors (Lipinski definition) is 2. The maximum atomic E-state index is 12.7. The molecule has 1 amide bonds.